The topological polar surface area (TPSA) is 44.1 Å². The fourth-order valence-electron chi connectivity index (χ4n) is 6.84. The number of hydrogen-bond acceptors (Lipinski definition) is 2. The first-order valence-electron chi connectivity index (χ1n) is 16.8. The van der Waals surface area contributed by atoms with Crippen LogP contribution in [0.25, 0.3) is 35.4 Å². The van der Waals surface area contributed by atoms with E-state index in [1.807, 2.05) is 67.6 Å². The molecule has 0 heterocycles. The van der Waals surface area contributed by atoms with Gasteiger partial charge in [-0.25, -0.2) is 0 Å². The van der Waals surface area contributed by atoms with Gasteiger partial charge in [-0.3, -0.25) is 5.41 Å². The van der Waals surface area contributed by atoms with Crippen molar-refractivity contribution in [3.05, 3.63) is 135 Å². The highest BCUT2D eigenvalue weighted by atomic mass is 19.4. The van der Waals surface area contributed by atoms with Gasteiger partial charge in [0.15, 0.2) is 0 Å². The van der Waals surface area contributed by atoms with Crippen LogP contribution in [-0.4, -0.2) is 10.8 Å². The molecule has 1 saturated carbocycles. The summed E-state index contributed by atoms with van der Waals surface area (Å²) < 4.78 is 41.4. The van der Waals surface area contributed by atoms with Crippen LogP contribution in [0.15, 0.2) is 97.1 Å². The van der Waals surface area contributed by atoms with Crippen LogP contribution in [0.5, 0.6) is 5.75 Å². The third-order valence-corrected chi connectivity index (χ3v) is 9.54. The molecule has 0 bridgehead atoms. The summed E-state index contributed by atoms with van der Waals surface area (Å²) in [6.45, 7) is 8.45. The van der Waals surface area contributed by atoms with Crippen molar-refractivity contribution in [1.82, 2.24) is 0 Å². The van der Waals surface area contributed by atoms with E-state index in [0.717, 1.165) is 40.7 Å². The number of rotatable bonds is 10. The summed E-state index contributed by atoms with van der Waals surface area (Å²) in [7, 11) is 0. The van der Waals surface area contributed by atoms with E-state index in [4.69, 9.17) is 5.41 Å². The number of benzene rings is 4. The van der Waals surface area contributed by atoms with E-state index in [0.29, 0.717) is 34.1 Å². The zero-order valence-corrected chi connectivity index (χ0v) is 27.8. The molecule has 2 unspecified atom stereocenters. The molecule has 0 aromatic heterocycles. The van der Waals surface area contributed by atoms with Crippen LogP contribution in [0.3, 0.4) is 0 Å². The lowest BCUT2D eigenvalue weighted by Crippen LogP contribution is -2.28. The van der Waals surface area contributed by atoms with E-state index >= 15 is 0 Å². The first kappa shape index (κ1) is 34.7. The van der Waals surface area contributed by atoms with Crippen LogP contribution in [0, 0.1) is 17.2 Å². The van der Waals surface area contributed by atoms with Gasteiger partial charge in [-0.1, -0.05) is 130 Å². The smallest absolute Gasteiger partial charge is 0.416 e. The largest absolute Gasteiger partial charge is 0.507 e. The van der Waals surface area contributed by atoms with Gasteiger partial charge in [0, 0.05) is 11.1 Å². The summed E-state index contributed by atoms with van der Waals surface area (Å²) >= 11 is 0. The summed E-state index contributed by atoms with van der Waals surface area (Å²) in [5.41, 5.74) is 4.03. The van der Waals surface area contributed by atoms with E-state index in [9.17, 15) is 18.3 Å². The third kappa shape index (κ3) is 8.44. The summed E-state index contributed by atoms with van der Waals surface area (Å²) in [5.74, 6) is 1.59. The minimum atomic E-state index is -4.52. The van der Waals surface area contributed by atoms with E-state index < -0.39 is 11.7 Å². The molecule has 0 aliphatic heterocycles. The van der Waals surface area contributed by atoms with Gasteiger partial charge in [0.05, 0.1) is 11.3 Å². The predicted molar refractivity (Wildman–Crippen MR) is 194 cm³/mol. The number of phenolic OH excluding ortho intramolecular Hbond substituents is 1. The second kappa shape index (κ2) is 15.5. The van der Waals surface area contributed by atoms with Gasteiger partial charge in [-0.15, -0.1) is 0 Å². The first-order valence-corrected chi connectivity index (χ1v) is 16.8. The Kier molecular flexibility index (Phi) is 11.2. The number of nitrogens with one attached hydrogen (secondary N) is 1. The van der Waals surface area contributed by atoms with Crippen molar-refractivity contribution in [2.75, 3.05) is 0 Å². The van der Waals surface area contributed by atoms with Crippen molar-refractivity contribution in [1.29, 1.82) is 5.41 Å². The lowest BCUT2D eigenvalue weighted by molar-refractivity contribution is -0.137. The minimum Gasteiger partial charge on any atom is -0.507 e. The van der Waals surface area contributed by atoms with Crippen molar-refractivity contribution in [3.8, 4) is 16.9 Å². The zero-order chi connectivity index (χ0) is 34.3. The number of allylic oxidation sites excluding steroid dienone is 1. The number of alkyl halides is 3. The molecule has 248 valence electrons. The van der Waals surface area contributed by atoms with Gasteiger partial charge >= 0.3 is 6.18 Å². The summed E-state index contributed by atoms with van der Waals surface area (Å²) in [4.78, 5) is 0. The van der Waals surface area contributed by atoms with E-state index in [-0.39, 0.29) is 11.3 Å². The molecule has 4 aromatic carbocycles. The number of phenols is 1. The average Bonchev–Trinajstić information content (AvgIpc) is 3.09. The van der Waals surface area contributed by atoms with Gasteiger partial charge in [-0.2, -0.15) is 13.2 Å². The highest BCUT2D eigenvalue weighted by Gasteiger charge is 2.32. The monoisotopic (exact) mass is 647 g/mol. The predicted octanol–water partition coefficient (Wildman–Crippen LogP) is 10.6. The highest BCUT2D eigenvalue weighted by molar-refractivity contribution is 6.10. The number of aromatic hydroxyl groups is 1. The molecule has 0 spiro atoms. The SMILES string of the molecule is C=C(CC=c1c(/C=C\c2ccccc2C(F)(F)F)c(O)c(-c2ccccc2)cc1=CC)C(=N)c1ccc(CCC2CCCC(C)C2)cc1. The quantitative estimate of drug-likeness (QED) is 0.131. The standard InChI is InChI=1S/C43H44F3NO/c1-4-33-28-39(34-13-6-5-7-14-34)42(48)38(26-24-35-15-8-9-16-40(35)43(44,45)46)37(33)25-17-30(3)41(47)36-22-20-31(21-23-36)18-19-32-12-10-11-29(2)27-32/h4-9,13-16,20-26,28-29,32,47-48H,3,10-12,17-19,27H2,1-2H3/b26-24-,33-4?,37-25?,47-41?. The summed E-state index contributed by atoms with van der Waals surface area (Å²) in [6.07, 6.45) is 10.1. The molecule has 2 atom stereocenters. The molecule has 4 aromatic rings. The Morgan fingerprint density at radius 3 is 2.35 bits per heavy atom. The van der Waals surface area contributed by atoms with Crippen molar-refractivity contribution in [3.63, 3.8) is 0 Å². The fraction of sp³-hybridized carbons (Fsp3) is 0.279. The number of halogens is 3. The van der Waals surface area contributed by atoms with Crippen molar-refractivity contribution in [2.45, 2.75) is 65.0 Å². The van der Waals surface area contributed by atoms with Crippen LogP contribution < -0.4 is 10.4 Å². The Morgan fingerprint density at radius 2 is 1.67 bits per heavy atom. The Balaban J connectivity index is 1.44. The van der Waals surface area contributed by atoms with Crippen molar-refractivity contribution >= 4 is 30.0 Å². The molecule has 0 amide bonds. The minimum absolute atomic E-state index is 0.00502. The molecule has 2 N–H and O–H groups in total. The summed E-state index contributed by atoms with van der Waals surface area (Å²) in [6, 6.07) is 24.9. The molecule has 0 radical (unpaired) electrons. The molecule has 48 heavy (non-hydrogen) atoms. The molecule has 2 nitrogen and oxygen atoms in total. The maximum absolute atomic E-state index is 13.8. The maximum atomic E-state index is 13.8. The molecule has 0 saturated heterocycles. The molecular weight excluding hydrogens is 603 g/mol. The number of aryl methyl sites for hydroxylation is 1. The Hall–Kier alpha value is -4.64. The van der Waals surface area contributed by atoms with Gasteiger partial charge < -0.3 is 5.11 Å². The average molecular weight is 648 g/mol. The van der Waals surface area contributed by atoms with E-state index in [2.05, 4.69) is 25.6 Å². The summed E-state index contributed by atoms with van der Waals surface area (Å²) in [5, 5.41) is 21.9. The van der Waals surface area contributed by atoms with Gasteiger partial charge in [-0.05, 0) is 94.8 Å². The number of hydrogen-bond donors (Lipinski definition) is 2. The van der Waals surface area contributed by atoms with Crippen LogP contribution >= 0.6 is 0 Å². The van der Waals surface area contributed by atoms with Crippen molar-refractivity contribution in [2.24, 2.45) is 11.8 Å². The Morgan fingerprint density at radius 1 is 0.958 bits per heavy atom. The van der Waals surface area contributed by atoms with E-state index in [1.54, 1.807) is 12.1 Å². The molecule has 1 aliphatic rings. The molecule has 5 rings (SSSR count). The molecule has 1 aliphatic carbocycles. The van der Waals surface area contributed by atoms with Crippen LogP contribution in [0.2, 0.25) is 0 Å². The third-order valence-electron chi connectivity index (χ3n) is 9.54. The first-order chi connectivity index (χ1) is 23.0. The molecule has 1 fully saturated rings. The molecular formula is C43H44F3NO. The molecule has 5 heteroatoms. The maximum Gasteiger partial charge on any atom is 0.416 e. The second-order valence-corrected chi connectivity index (χ2v) is 13.0. The highest BCUT2D eigenvalue weighted by Crippen LogP contribution is 2.35. The van der Waals surface area contributed by atoms with Crippen molar-refractivity contribution < 1.29 is 18.3 Å². The van der Waals surface area contributed by atoms with Gasteiger partial charge in [0.1, 0.15) is 5.75 Å². The van der Waals surface area contributed by atoms with Gasteiger partial charge in [0.2, 0.25) is 0 Å². The normalized spacial score (nSPS) is 17.6. The zero-order valence-electron chi connectivity index (χ0n) is 27.8. The van der Waals surface area contributed by atoms with Gasteiger partial charge in [0.25, 0.3) is 0 Å². The van der Waals surface area contributed by atoms with Crippen LogP contribution in [-0.2, 0) is 12.6 Å². The fourth-order valence-corrected chi connectivity index (χ4v) is 6.84. The van der Waals surface area contributed by atoms with Crippen LogP contribution in [0.1, 0.15) is 80.2 Å². The second-order valence-electron chi connectivity index (χ2n) is 13.0. The van der Waals surface area contributed by atoms with Crippen LogP contribution in [0.4, 0.5) is 13.2 Å². The lowest BCUT2D eigenvalue weighted by Gasteiger charge is -2.26. The van der Waals surface area contributed by atoms with E-state index in [1.165, 1.54) is 55.9 Å². The lowest BCUT2D eigenvalue weighted by atomic mass is 9.80. The Bertz CT molecular complexity index is 1900. The Labute approximate surface area is 282 Å².